The molecule has 0 saturated heterocycles. The van der Waals surface area contributed by atoms with Crippen LogP contribution < -0.4 is 5.32 Å². The van der Waals surface area contributed by atoms with Crippen molar-refractivity contribution in [2.75, 3.05) is 13.2 Å². The summed E-state index contributed by atoms with van der Waals surface area (Å²) in [6.45, 7) is 6.74. The quantitative estimate of drug-likeness (QED) is 0.654. The lowest BCUT2D eigenvalue weighted by Gasteiger charge is -2.23. The molecule has 0 radical (unpaired) electrons. The van der Waals surface area contributed by atoms with Crippen LogP contribution in [0.2, 0.25) is 0 Å². The van der Waals surface area contributed by atoms with Crippen LogP contribution in [0.4, 0.5) is 0 Å². The van der Waals surface area contributed by atoms with E-state index in [0.717, 1.165) is 12.8 Å². The van der Waals surface area contributed by atoms with Crippen molar-refractivity contribution >= 4 is 0 Å². The minimum absolute atomic E-state index is 0.0823. The highest BCUT2D eigenvalue weighted by molar-refractivity contribution is 5.03. The average Bonchev–Trinajstić information content (AvgIpc) is 2.11. The van der Waals surface area contributed by atoms with Gasteiger partial charge in [0.15, 0.2) is 0 Å². The number of hydrogen-bond donors (Lipinski definition) is 2. The molecular weight excluding hydrogens is 164 g/mol. The number of nitrogens with one attached hydrogen (secondary N) is 1. The molecule has 1 unspecified atom stereocenters. The minimum Gasteiger partial charge on any atom is -0.395 e. The van der Waals surface area contributed by atoms with Crippen molar-refractivity contribution in [3.63, 3.8) is 0 Å². The summed E-state index contributed by atoms with van der Waals surface area (Å²) in [5.74, 6) is 0.614. The predicted octanol–water partition coefficient (Wildman–Crippen LogP) is 1.29. The van der Waals surface area contributed by atoms with Gasteiger partial charge in [0.2, 0.25) is 0 Å². The van der Waals surface area contributed by atoms with Crippen LogP contribution in [-0.4, -0.2) is 23.8 Å². The molecule has 2 N–H and O–H groups in total. The lowest BCUT2D eigenvalue weighted by atomic mass is 9.93. The molecule has 0 amide bonds. The predicted molar refractivity (Wildman–Crippen MR) is 53.2 cm³/mol. The van der Waals surface area contributed by atoms with Crippen LogP contribution in [0.1, 0.15) is 33.6 Å². The molecule has 0 saturated carbocycles. The second kappa shape index (κ2) is 5.95. The van der Waals surface area contributed by atoms with E-state index in [4.69, 9.17) is 10.4 Å². The lowest BCUT2D eigenvalue weighted by Crippen LogP contribution is -2.42. The fourth-order valence-electron chi connectivity index (χ4n) is 1.09. The second-order valence-corrected chi connectivity index (χ2v) is 4.03. The number of β-amino-alcohol motifs (C(OH)–C–C–N with tert-alkyl or cyclic N) is 1. The molecule has 0 bridgehead atoms. The highest BCUT2D eigenvalue weighted by Gasteiger charge is 2.22. The number of nitrogens with zero attached hydrogens (tertiary/aromatic N) is 1. The smallest absolute Gasteiger partial charge is 0.104 e. The Morgan fingerprint density at radius 2 is 2.15 bits per heavy atom. The Morgan fingerprint density at radius 1 is 1.54 bits per heavy atom. The Kier molecular flexibility index (Phi) is 5.68. The third-order valence-electron chi connectivity index (χ3n) is 2.10. The topological polar surface area (TPSA) is 56.0 Å². The number of rotatable bonds is 6. The van der Waals surface area contributed by atoms with Gasteiger partial charge in [-0.2, -0.15) is 5.26 Å². The van der Waals surface area contributed by atoms with E-state index in [9.17, 15) is 0 Å². The Morgan fingerprint density at radius 3 is 2.54 bits per heavy atom. The highest BCUT2D eigenvalue weighted by atomic mass is 16.3. The number of nitriles is 1. The largest absolute Gasteiger partial charge is 0.395 e. The molecule has 13 heavy (non-hydrogen) atoms. The van der Waals surface area contributed by atoms with E-state index in [2.05, 4.69) is 25.2 Å². The molecule has 0 fully saturated rings. The van der Waals surface area contributed by atoms with Crippen molar-refractivity contribution in [1.29, 1.82) is 5.26 Å². The maximum atomic E-state index is 8.93. The third-order valence-corrected chi connectivity index (χ3v) is 2.10. The van der Waals surface area contributed by atoms with E-state index in [1.54, 1.807) is 0 Å². The molecule has 0 aromatic rings. The fourth-order valence-corrected chi connectivity index (χ4v) is 1.09. The molecule has 3 nitrogen and oxygen atoms in total. The molecule has 0 aliphatic carbocycles. The first-order valence-corrected chi connectivity index (χ1v) is 4.81. The van der Waals surface area contributed by atoms with Crippen LogP contribution in [0.25, 0.3) is 0 Å². The Bertz CT molecular complexity index is 174. The maximum absolute atomic E-state index is 8.93. The van der Waals surface area contributed by atoms with Crippen molar-refractivity contribution in [3.05, 3.63) is 0 Å². The van der Waals surface area contributed by atoms with Gasteiger partial charge in [-0.05, 0) is 25.7 Å². The zero-order valence-electron chi connectivity index (χ0n) is 8.80. The van der Waals surface area contributed by atoms with Gasteiger partial charge in [-0.1, -0.05) is 13.8 Å². The number of aliphatic hydroxyl groups is 1. The van der Waals surface area contributed by atoms with E-state index in [1.165, 1.54) is 0 Å². The molecule has 0 heterocycles. The van der Waals surface area contributed by atoms with Crippen molar-refractivity contribution in [2.24, 2.45) is 5.92 Å². The summed E-state index contributed by atoms with van der Waals surface area (Å²) in [6.07, 6.45) is 1.86. The second-order valence-electron chi connectivity index (χ2n) is 4.03. The van der Waals surface area contributed by atoms with Gasteiger partial charge in [0, 0.05) is 6.54 Å². The number of hydrogen-bond acceptors (Lipinski definition) is 3. The summed E-state index contributed by atoms with van der Waals surface area (Å²) in [5.41, 5.74) is -0.479. The van der Waals surface area contributed by atoms with Crippen molar-refractivity contribution < 1.29 is 5.11 Å². The summed E-state index contributed by atoms with van der Waals surface area (Å²) < 4.78 is 0. The first-order chi connectivity index (χ1) is 6.04. The number of aliphatic hydroxyl groups excluding tert-OH is 1. The SMILES string of the molecule is CC(C)CCC(C)(C#N)NCCO. The van der Waals surface area contributed by atoms with Gasteiger partial charge in [-0.25, -0.2) is 0 Å². The van der Waals surface area contributed by atoms with Gasteiger partial charge in [0.25, 0.3) is 0 Å². The van der Waals surface area contributed by atoms with Crippen molar-refractivity contribution in [2.45, 2.75) is 39.2 Å². The molecule has 0 aromatic heterocycles. The Balaban J connectivity index is 3.90. The summed E-state index contributed by atoms with van der Waals surface area (Å²) in [7, 11) is 0. The van der Waals surface area contributed by atoms with Gasteiger partial charge in [0.1, 0.15) is 5.54 Å². The molecule has 76 valence electrons. The summed E-state index contributed by atoms with van der Waals surface area (Å²) >= 11 is 0. The standard InChI is InChI=1S/C10H20N2O/c1-9(2)4-5-10(3,8-11)12-6-7-13/h9,12-13H,4-7H2,1-3H3. The molecule has 0 spiro atoms. The Hall–Kier alpha value is -0.590. The van der Waals surface area contributed by atoms with Crippen LogP contribution >= 0.6 is 0 Å². The van der Waals surface area contributed by atoms with E-state index in [-0.39, 0.29) is 6.61 Å². The van der Waals surface area contributed by atoms with Gasteiger partial charge in [0.05, 0.1) is 12.7 Å². The van der Waals surface area contributed by atoms with Crippen LogP contribution in [0, 0.1) is 17.2 Å². The van der Waals surface area contributed by atoms with Gasteiger partial charge < -0.3 is 5.11 Å². The van der Waals surface area contributed by atoms with Crippen molar-refractivity contribution in [1.82, 2.24) is 5.32 Å². The van der Waals surface area contributed by atoms with Crippen molar-refractivity contribution in [3.8, 4) is 6.07 Å². The zero-order valence-corrected chi connectivity index (χ0v) is 8.80. The fraction of sp³-hybridized carbons (Fsp3) is 0.900. The van der Waals surface area contributed by atoms with Crippen LogP contribution in [0.15, 0.2) is 0 Å². The molecule has 0 rings (SSSR count). The average molecular weight is 184 g/mol. The van der Waals surface area contributed by atoms with E-state index in [0.29, 0.717) is 12.5 Å². The molecule has 1 atom stereocenters. The monoisotopic (exact) mass is 184 g/mol. The summed E-state index contributed by atoms with van der Waals surface area (Å²) in [5, 5.41) is 20.6. The van der Waals surface area contributed by atoms with E-state index in [1.807, 2.05) is 6.92 Å². The normalized spacial score (nSPS) is 15.4. The third kappa shape index (κ3) is 5.62. The van der Waals surface area contributed by atoms with Crippen LogP contribution in [-0.2, 0) is 0 Å². The first kappa shape index (κ1) is 12.4. The molecule has 0 aliphatic heterocycles. The lowest BCUT2D eigenvalue weighted by molar-refractivity contribution is 0.268. The van der Waals surface area contributed by atoms with Gasteiger partial charge in [-0.15, -0.1) is 0 Å². The Labute approximate surface area is 80.8 Å². The highest BCUT2D eigenvalue weighted by Crippen LogP contribution is 2.15. The summed E-state index contributed by atoms with van der Waals surface area (Å²) in [4.78, 5) is 0. The molecule has 0 aromatic carbocycles. The van der Waals surface area contributed by atoms with Crippen LogP contribution in [0.3, 0.4) is 0 Å². The zero-order chi connectivity index (χ0) is 10.3. The molecular formula is C10H20N2O. The molecule has 0 aliphatic rings. The van der Waals surface area contributed by atoms with Gasteiger partial charge >= 0.3 is 0 Å². The van der Waals surface area contributed by atoms with E-state index < -0.39 is 5.54 Å². The maximum Gasteiger partial charge on any atom is 0.104 e. The first-order valence-electron chi connectivity index (χ1n) is 4.81. The molecule has 3 heteroatoms. The summed E-state index contributed by atoms with van der Waals surface area (Å²) in [6, 6.07) is 2.25. The van der Waals surface area contributed by atoms with Crippen LogP contribution in [0.5, 0.6) is 0 Å². The van der Waals surface area contributed by atoms with Gasteiger partial charge in [-0.3, -0.25) is 5.32 Å². The minimum atomic E-state index is -0.479. The van der Waals surface area contributed by atoms with E-state index >= 15 is 0 Å².